The zero-order chi connectivity index (χ0) is 15.2. The molecule has 0 heterocycles. The topological polar surface area (TPSA) is 0 Å². The predicted molar refractivity (Wildman–Crippen MR) is 96.5 cm³/mol. The van der Waals surface area contributed by atoms with Crippen LogP contribution in [0.2, 0.25) is 0 Å². The van der Waals surface area contributed by atoms with Crippen LogP contribution in [0.25, 0.3) is 0 Å². The van der Waals surface area contributed by atoms with Gasteiger partial charge >= 0.3 is 0 Å². The third-order valence-electron chi connectivity index (χ3n) is 2.43. The van der Waals surface area contributed by atoms with Crippen LogP contribution in [0.5, 0.6) is 0 Å². The third kappa shape index (κ3) is 8.72. The van der Waals surface area contributed by atoms with E-state index in [-0.39, 0.29) is 0 Å². The van der Waals surface area contributed by atoms with Crippen LogP contribution in [0.4, 0.5) is 0 Å². The summed E-state index contributed by atoms with van der Waals surface area (Å²) >= 11 is 1.78. The van der Waals surface area contributed by atoms with Gasteiger partial charge < -0.3 is 0 Å². The molecule has 0 nitrogen and oxygen atoms in total. The molecular weight excluding hydrogens is 272 g/mol. The number of benzene rings is 2. The van der Waals surface area contributed by atoms with E-state index in [2.05, 4.69) is 48.6 Å². The Hall–Kier alpha value is -1.99. The summed E-state index contributed by atoms with van der Waals surface area (Å²) in [6, 6.07) is 22.4. The van der Waals surface area contributed by atoms with Crippen LogP contribution in [-0.4, -0.2) is 0 Å². The Morgan fingerprint density at radius 1 is 0.762 bits per heavy atom. The second-order valence-corrected chi connectivity index (χ2v) is 5.31. The van der Waals surface area contributed by atoms with Gasteiger partial charge in [-0.05, 0) is 32.1 Å². The lowest BCUT2D eigenvalue weighted by molar-refractivity contribution is 1.47. The van der Waals surface area contributed by atoms with Crippen LogP contribution in [0, 0.1) is 0 Å². The Balaban J connectivity index is 0.000000304. The number of rotatable bonds is 4. The Labute approximate surface area is 132 Å². The van der Waals surface area contributed by atoms with Crippen molar-refractivity contribution in [1.29, 1.82) is 0 Å². The fourth-order valence-electron chi connectivity index (χ4n) is 1.49. The maximum atomic E-state index is 2.12. The molecule has 0 amide bonds. The first-order valence-corrected chi connectivity index (χ1v) is 7.87. The Morgan fingerprint density at radius 2 is 1.29 bits per heavy atom. The van der Waals surface area contributed by atoms with Crippen molar-refractivity contribution in [2.24, 2.45) is 0 Å². The molecule has 0 radical (unpaired) electrons. The van der Waals surface area contributed by atoms with E-state index in [1.165, 1.54) is 9.80 Å². The fourth-order valence-corrected chi connectivity index (χ4v) is 2.40. The van der Waals surface area contributed by atoms with Gasteiger partial charge in [0.25, 0.3) is 0 Å². The van der Waals surface area contributed by atoms with Crippen LogP contribution in [-0.2, 0) is 0 Å². The molecule has 0 aliphatic carbocycles. The van der Waals surface area contributed by atoms with Crippen LogP contribution >= 0.6 is 11.8 Å². The smallest absolute Gasteiger partial charge is 0.0122 e. The summed E-state index contributed by atoms with van der Waals surface area (Å²) in [7, 11) is 0. The summed E-state index contributed by atoms with van der Waals surface area (Å²) in [5, 5.41) is 0. The van der Waals surface area contributed by atoms with E-state index < -0.39 is 0 Å². The SMILES string of the molecule is C\C=C/C=C(\C=C/C)Sc1ccccc1.c1ccccc1. The lowest BCUT2D eigenvalue weighted by Crippen LogP contribution is -1.72. The minimum atomic E-state index is 1.25. The van der Waals surface area contributed by atoms with Gasteiger partial charge in [-0.2, -0.15) is 0 Å². The average Bonchev–Trinajstić information content (AvgIpc) is 2.56. The highest BCUT2D eigenvalue weighted by atomic mass is 32.2. The molecule has 0 saturated heterocycles. The van der Waals surface area contributed by atoms with Gasteiger partial charge in [-0.15, -0.1) is 0 Å². The number of hydrogen-bond donors (Lipinski definition) is 0. The molecule has 0 bridgehead atoms. The van der Waals surface area contributed by atoms with E-state index in [0.717, 1.165) is 0 Å². The van der Waals surface area contributed by atoms with Crippen molar-refractivity contribution in [2.45, 2.75) is 18.7 Å². The largest absolute Gasteiger partial charge is 0.0901 e. The van der Waals surface area contributed by atoms with Crippen LogP contribution in [0.15, 0.2) is 107 Å². The molecule has 2 aromatic rings. The number of allylic oxidation sites excluding steroid dienone is 5. The minimum absolute atomic E-state index is 1.25. The fraction of sp³-hybridized carbons (Fsp3) is 0.100. The number of hydrogen-bond acceptors (Lipinski definition) is 1. The molecule has 2 rings (SSSR count). The van der Waals surface area contributed by atoms with E-state index in [1.54, 1.807) is 11.8 Å². The second-order valence-electron chi connectivity index (χ2n) is 4.16. The van der Waals surface area contributed by atoms with Gasteiger partial charge in [0.05, 0.1) is 0 Å². The molecule has 0 aliphatic heterocycles. The molecule has 21 heavy (non-hydrogen) atoms. The molecule has 1 heteroatoms. The zero-order valence-electron chi connectivity index (χ0n) is 12.6. The highest BCUT2D eigenvalue weighted by Gasteiger charge is 1.94. The summed E-state index contributed by atoms with van der Waals surface area (Å²) < 4.78 is 0. The molecule has 2 aromatic carbocycles. The Morgan fingerprint density at radius 3 is 1.76 bits per heavy atom. The molecule has 108 valence electrons. The lowest BCUT2D eigenvalue weighted by atomic mass is 10.4. The van der Waals surface area contributed by atoms with Gasteiger partial charge in [0, 0.05) is 9.80 Å². The van der Waals surface area contributed by atoms with Crippen LogP contribution in [0.3, 0.4) is 0 Å². The molecule has 0 saturated carbocycles. The number of thioether (sulfide) groups is 1. The van der Waals surface area contributed by atoms with Crippen molar-refractivity contribution in [3.05, 3.63) is 102 Å². The van der Waals surface area contributed by atoms with E-state index in [4.69, 9.17) is 0 Å². The maximum absolute atomic E-state index is 2.12. The summed E-state index contributed by atoms with van der Waals surface area (Å²) in [6.07, 6.45) is 10.4. The summed E-state index contributed by atoms with van der Waals surface area (Å²) in [5.41, 5.74) is 0. The van der Waals surface area contributed by atoms with Crippen molar-refractivity contribution < 1.29 is 0 Å². The monoisotopic (exact) mass is 294 g/mol. The first-order valence-electron chi connectivity index (χ1n) is 7.05. The quantitative estimate of drug-likeness (QED) is 0.458. The van der Waals surface area contributed by atoms with E-state index in [1.807, 2.05) is 62.4 Å². The molecular formula is C20H22S. The molecule has 0 aliphatic rings. The highest BCUT2D eigenvalue weighted by molar-refractivity contribution is 8.03. The summed E-state index contributed by atoms with van der Waals surface area (Å²) in [6.45, 7) is 4.06. The minimum Gasteiger partial charge on any atom is -0.0901 e. The molecule has 0 atom stereocenters. The van der Waals surface area contributed by atoms with Crippen LogP contribution in [0.1, 0.15) is 13.8 Å². The van der Waals surface area contributed by atoms with Gasteiger partial charge in [0.2, 0.25) is 0 Å². The van der Waals surface area contributed by atoms with Crippen molar-refractivity contribution in [3.8, 4) is 0 Å². The molecule has 0 spiro atoms. The zero-order valence-corrected chi connectivity index (χ0v) is 13.5. The van der Waals surface area contributed by atoms with Gasteiger partial charge in [-0.3, -0.25) is 0 Å². The van der Waals surface area contributed by atoms with Crippen LogP contribution < -0.4 is 0 Å². The standard InChI is InChI=1S/C14H16S.C6H6/c1-3-5-10-13(9-4-2)15-14-11-7-6-8-12-14;1-2-4-6-5-3-1/h3-12H,1-2H3;1-6H/b5-3-,9-4-,13-10+;. The normalized spacial score (nSPS) is 11.4. The van der Waals surface area contributed by atoms with Crippen molar-refractivity contribution in [2.75, 3.05) is 0 Å². The van der Waals surface area contributed by atoms with Gasteiger partial charge in [0.1, 0.15) is 0 Å². The van der Waals surface area contributed by atoms with E-state index in [0.29, 0.717) is 0 Å². The summed E-state index contributed by atoms with van der Waals surface area (Å²) in [4.78, 5) is 2.52. The lowest BCUT2D eigenvalue weighted by Gasteiger charge is -2.00. The molecule has 0 N–H and O–H groups in total. The van der Waals surface area contributed by atoms with Gasteiger partial charge in [-0.25, -0.2) is 0 Å². The second kappa shape index (κ2) is 11.8. The van der Waals surface area contributed by atoms with Crippen molar-refractivity contribution in [1.82, 2.24) is 0 Å². The maximum Gasteiger partial charge on any atom is 0.0122 e. The third-order valence-corrected chi connectivity index (χ3v) is 3.45. The van der Waals surface area contributed by atoms with Crippen molar-refractivity contribution in [3.63, 3.8) is 0 Å². The molecule has 0 aromatic heterocycles. The Kier molecular flexibility index (Phi) is 9.59. The van der Waals surface area contributed by atoms with E-state index in [9.17, 15) is 0 Å². The first kappa shape index (κ1) is 17.1. The summed E-state index contributed by atoms with van der Waals surface area (Å²) in [5.74, 6) is 0. The predicted octanol–water partition coefficient (Wildman–Crippen LogP) is 6.50. The average molecular weight is 294 g/mol. The Bertz CT molecular complexity index is 524. The molecule has 0 fully saturated rings. The van der Waals surface area contributed by atoms with Gasteiger partial charge in [0.15, 0.2) is 0 Å². The van der Waals surface area contributed by atoms with Gasteiger partial charge in [-0.1, -0.05) is 90.7 Å². The van der Waals surface area contributed by atoms with E-state index >= 15 is 0 Å². The molecule has 0 unspecified atom stereocenters. The van der Waals surface area contributed by atoms with Crippen molar-refractivity contribution >= 4 is 11.8 Å². The highest BCUT2D eigenvalue weighted by Crippen LogP contribution is 2.27. The first-order chi connectivity index (χ1) is 10.4.